The molecule has 2 aromatic carbocycles. The van der Waals surface area contributed by atoms with Crippen LogP contribution in [0.5, 0.6) is 5.75 Å². The number of methoxy groups -OCH3 is 1. The summed E-state index contributed by atoms with van der Waals surface area (Å²) in [6, 6.07) is 11.4. The van der Waals surface area contributed by atoms with Crippen molar-refractivity contribution in [1.29, 1.82) is 0 Å². The Kier molecular flexibility index (Phi) is 3.60. The summed E-state index contributed by atoms with van der Waals surface area (Å²) < 4.78 is 37.3. The summed E-state index contributed by atoms with van der Waals surface area (Å²) in [5.74, 6) is 0.353. The van der Waals surface area contributed by atoms with E-state index in [1.54, 1.807) is 13.2 Å². The van der Waals surface area contributed by atoms with Gasteiger partial charge >= 0.3 is 0 Å². The van der Waals surface area contributed by atoms with Gasteiger partial charge in [0.25, 0.3) is 16.0 Å². The van der Waals surface area contributed by atoms with E-state index in [4.69, 9.17) is 4.74 Å². The fraction of sp³-hybridized carbons (Fsp3) is 0.0556. The number of benzene rings is 2. The lowest BCUT2D eigenvalue weighted by Crippen LogP contribution is -2.03. The molecular weight excluding hydrogens is 356 g/mol. The lowest BCUT2D eigenvalue weighted by atomic mass is 10.1. The Morgan fingerprint density at radius 3 is 2.69 bits per heavy atom. The van der Waals surface area contributed by atoms with Gasteiger partial charge in [0.15, 0.2) is 0 Å². The van der Waals surface area contributed by atoms with Crippen LogP contribution in [-0.2, 0) is 14.9 Å². The first-order valence-electron chi connectivity index (χ1n) is 7.67. The van der Waals surface area contributed by atoms with Crippen LogP contribution < -0.4 is 10.1 Å². The molecule has 132 valence electrons. The minimum Gasteiger partial charge on any atom is -0.496 e. The van der Waals surface area contributed by atoms with Crippen molar-refractivity contribution in [3.63, 3.8) is 0 Å². The Hall–Kier alpha value is -3.10. The van der Waals surface area contributed by atoms with Crippen LogP contribution >= 0.6 is 0 Å². The standard InChI is InChI=1S/C18H14N2O5S/c1-25-17-4-2-3-15-14(17)8-10(19-15)7-13-12-9-11(26(22,23)24)5-6-16(12)20-18(13)21/h2-9,19H,1H3,(H,20,21)(H,22,23,24)/b13-7+. The summed E-state index contributed by atoms with van der Waals surface area (Å²) in [6.45, 7) is 0. The smallest absolute Gasteiger partial charge is 0.294 e. The quantitative estimate of drug-likeness (QED) is 0.485. The predicted octanol–water partition coefficient (Wildman–Crippen LogP) is 2.92. The number of ether oxygens (including phenoxy) is 1. The average Bonchev–Trinajstić information content (AvgIpc) is 3.14. The number of hydrogen-bond acceptors (Lipinski definition) is 4. The van der Waals surface area contributed by atoms with Crippen LogP contribution in [0, 0.1) is 0 Å². The molecule has 1 aliphatic heterocycles. The van der Waals surface area contributed by atoms with Gasteiger partial charge < -0.3 is 15.0 Å². The number of H-pyrrole nitrogens is 1. The van der Waals surface area contributed by atoms with Crippen LogP contribution in [0.3, 0.4) is 0 Å². The lowest BCUT2D eigenvalue weighted by molar-refractivity contribution is -0.110. The molecule has 0 bridgehead atoms. The zero-order chi connectivity index (χ0) is 18.5. The van der Waals surface area contributed by atoms with E-state index in [0.717, 1.165) is 10.9 Å². The maximum atomic E-state index is 12.3. The minimum absolute atomic E-state index is 0.267. The third-order valence-electron chi connectivity index (χ3n) is 4.24. The van der Waals surface area contributed by atoms with E-state index in [0.29, 0.717) is 28.3 Å². The number of nitrogens with one attached hydrogen (secondary N) is 2. The number of fused-ring (bicyclic) bond motifs is 2. The summed E-state index contributed by atoms with van der Waals surface area (Å²) in [5.41, 5.74) is 2.72. The van der Waals surface area contributed by atoms with Crippen molar-refractivity contribution in [2.24, 2.45) is 0 Å². The highest BCUT2D eigenvalue weighted by Crippen LogP contribution is 2.35. The van der Waals surface area contributed by atoms with Crippen molar-refractivity contribution in [1.82, 2.24) is 4.98 Å². The highest BCUT2D eigenvalue weighted by molar-refractivity contribution is 7.85. The number of aromatic amines is 1. The van der Waals surface area contributed by atoms with E-state index in [2.05, 4.69) is 10.3 Å². The number of carbonyl (C=O) groups excluding carboxylic acids is 1. The molecule has 2 heterocycles. The van der Waals surface area contributed by atoms with Gasteiger partial charge in [-0.3, -0.25) is 9.35 Å². The zero-order valence-corrected chi connectivity index (χ0v) is 14.4. The molecule has 3 N–H and O–H groups in total. The van der Waals surface area contributed by atoms with Crippen LogP contribution in [0.2, 0.25) is 0 Å². The first-order chi connectivity index (χ1) is 12.4. The molecule has 1 aliphatic rings. The van der Waals surface area contributed by atoms with Gasteiger partial charge in [-0.1, -0.05) is 6.07 Å². The van der Waals surface area contributed by atoms with Gasteiger partial charge in [0.05, 0.1) is 17.6 Å². The van der Waals surface area contributed by atoms with Crippen LogP contribution in [0.25, 0.3) is 22.6 Å². The van der Waals surface area contributed by atoms with Crippen molar-refractivity contribution in [3.05, 3.63) is 53.7 Å². The summed E-state index contributed by atoms with van der Waals surface area (Å²) in [6.07, 6.45) is 1.63. The number of aromatic nitrogens is 1. The zero-order valence-electron chi connectivity index (χ0n) is 13.6. The van der Waals surface area contributed by atoms with Gasteiger partial charge in [-0.25, -0.2) is 0 Å². The van der Waals surface area contributed by atoms with Crippen molar-refractivity contribution in [2.45, 2.75) is 4.90 Å². The Morgan fingerprint density at radius 2 is 1.96 bits per heavy atom. The minimum atomic E-state index is -4.36. The first kappa shape index (κ1) is 16.4. The van der Waals surface area contributed by atoms with Gasteiger partial charge in [0, 0.05) is 27.8 Å². The fourth-order valence-electron chi connectivity index (χ4n) is 3.03. The molecule has 0 fully saturated rings. The van der Waals surface area contributed by atoms with Crippen molar-refractivity contribution in [2.75, 3.05) is 12.4 Å². The van der Waals surface area contributed by atoms with E-state index in [-0.39, 0.29) is 10.8 Å². The summed E-state index contributed by atoms with van der Waals surface area (Å²) in [7, 11) is -2.78. The van der Waals surface area contributed by atoms with Gasteiger partial charge in [-0.15, -0.1) is 0 Å². The highest BCUT2D eigenvalue weighted by atomic mass is 32.2. The molecule has 0 saturated carbocycles. The molecule has 0 atom stereocenters. The maximum Gasteiger partial charge on any atom is 0.294 e. The predicted molar refractivity (Wildman–Crippen MR) is 97.6 cm³/mol. The summed E-state index contributed by atoms with van der Waals surface area (Å²) >= 11 is 0. The Morgan fingerprint density at radius 1 is 1.15 bits per heavy atom. The van der Waals surface area contributed by atoms with E-state index in [1.807, 2.05) is 24.3 Å². The van der Waals surface area contributed by atoms with E-state index in [1.165, 1.54) is 18.2 Å². The average molecular weight is 370 g/mol. The summed E-state index contributed by atoms with van der Waals surface area (Å²) in [5, 5.41) is 3.55. The molecule has 0 saturated heterocycles. The van der Waals surface area contributed by atoms with Gasteiger partial charge in [-0.2, -0.15) is 8.42 Å². The molecule has 8 heteroatoms. The van der Waals surface area contributed by atoms with Crippen LogP contribution in [-0.4, -0.2) is 31.0 Å². The second-order valence-electron chi connectivity index (χ2n) is 5.84. The van der Waals surface area contributed by atoms with Crippen molar-refractivity contribution < 1.29 is 22.5 Å². The molecule has 3 aromatic rings. The summed E-state index contributed by atoms with van der Waals surface area (Å²) in [4.78, 5) is 15.2. The normalized spacial score (nSPS) is 15.3. The largest absolute Gasteiger partial charge is 0.496 e. The number of anilines is 1. The third-order valence-corrected chi connectivity index (χ3v) is 5.09. The SMILES string of the molecule is COc1cccc2[nH]c(/C=C3/C(=O)Nc4ccc(S(=O)(=O)O)cc43)cc12. The monoisotopic (exact) mass is 370 g/mol. The van der Waals surface area contributed by atoms with Gasteiger partial charge in [0.2, 0.25) is 0 Å². The first-order valence-corrected chi connectivity index (χ1v) is 9.11. The number of hydrogen-bond donors (Lipinski definition) is 3. The molecule has 1 aromatic heterocycles. The van der Waals surface area contributed by atoms with Gasteiger partial charge in [-0.05, 0) is 42.5 Å². The topological polar surface area (TPSA) is 108 Å². The number of amides is 1. The van der Waals surface area contributed by atoms with E-state index >= 15 is 0 Å². The molecule has 7 nitrogen and oxygen atoms in total. The Labute approximate surface area is 149 Å². The third kappa shape index (κ3) is 2.65. The molecule has 1 amide bonds. The molecule has 0 unspecified atom stereocenters. The van der Waals surface area contributed by atoms with E-state index in [9.17, 15) is 17.8 Å². The van der Waals surface area contributed by atoms with Crippen LogP contribution in [0.1, 0.15) is 11.3 Å². The lowest BCUT2D eigenvalue weighted by Gasteiger charge is -2.01. The molecule has 0 aliphatic carbocycles. The second-order valence-corrected chi connectivity index (χ2v) is 7.26. The molecule has 26 heavy (non-hydrogen) atoms. The fourth-order valence-corrected chi connectivity index (χ4v) is 3.54. The van der Waals surface area contributed by atoms with E-state index < -0.39 is 10.1 Å². The highest BCUT2D eigenvalue weighted by Gasteiger charge is 2.26. The van der Waals surface area contributed by atoms with Crippen LogP contribution in [0.15, 0.2) is 47.4 Å². The second kappa shape index (κ2) is 5.72. The van der Waals surface area contributed by atoms with Crippen molar-refractivity contribution >= 4 is 44.3 Å². The maximum absolute atomic E-state index is 12.3. The molecular formula is C18H14N2O5S. The van der Waals surface area contributed by atoms with Crippen molar-refractivity contribution in [3.8, 4) is 5.75 Å². The molecule has 0 spiro atoms. The molecule has 4 rings (SSSR count). The van der Waals surface area contributed by atoms with Gasteiger partial charge in [0.1, 0.15) is 5.75 Å². The number of carbonyl (C=O) groups is 1. The number of rotatable bonds is 3. The Balaban J connectivity index is 1.85. The Bertz CT molecular complexity index is 1190. The van der Waals surface area contributed by atoms with Crippen LogP contribution in [0.4, 0.5) is 5.69 Å². The molecule has 0 radical (unpaired) electrons.